The van der Waals surface area contributed by atoms with Gasteiger partial charge in [-0.15, -0.1) is 0 Å². The minimum atomic E-state index is -1.45. The number of aliphatic carboxylic acids is 1. The smallest absolute Gasteiger partial charge is 0.322 e. The number of aliphatic hydroxyl groups excluding tert-OH is 1. The molecule has 0 aliphatic heterocycles. The van der Waals surface area contributed by atoms with Crippen LogP contribution in [0.5, 0.6) is 5.75 Å². The summed E-state index contributed by atoms with van der Waals surface area (Å²) in [4.78, 5) is 48.4. The Morgan fingerprint density at radius 1 is 1.00 bits per heavy atom. The number of unbranched alkanes of at least 4 members (excludes halogenated alkanes) is 1. The van der Waals surface area contributed by atoms with E-state index in [2.05, 4.69) is 16.0 Å². The summed E-state index contributed by atoms with van der Waals surface area (Å²) in [5, 5.41) is 35.1. The number of amides is 3. The first-order valence-electron chi connectivity index (χ1n) is 10.6. The van der Waals surface area contributed by atoms with E-state index in [0.29, 0.717) is 31.4 Å². The van der Waals surface area contributed by atoms with Crippen LogP contribution in [0.3, 0.4) is 0 Å². The molecule has 1 aromatic rings. The van der Waals surface area contributed by atoms with Gasteiger partial charge in [-0.3, -0.25) is 19.2 Å². The van der Waals surface area contributed by atoms with Crippen molar-refractivity contribution in [1.82, 2.24) is 16.0 Å². The van der Waals surface area contributed by atoms with Crippen molar-refractivity contribution in [3.05, 3.63) is 29.8 Å². The minimum absolute atomic E-state index is 0.0106. The summed E-state index contributed by atoms with van der Waals surface area (Å²) in [6, 6.07) is 2.48. The molecule has 0 spiro atoms. The van der Waals surface area contributed by atoms with Gasteiger partial charge in [-0.25, -0.2) is 0 Å². The molecule has 0 aliphatic carbocycles. The highest BCUT2D eigenvalue weighted by molar-refractivity contribution is 5.94. The highest BCUT2D eigenvalue weighted by atomic mass is 16.4. The van der Waals surface area contributed by atoms with Crippen molar-refractivity contribution < 1.29 is 34.5 Å². The zero-order valence-electron chi connectivity index (χ0n) is 18.5. The standard InChI is InChI=1S/C21H33N5O7/c1-12(27)18(21(33)24-11-17(29)30)26-20(32)16(10-13-5-7-14(28)8-6-13)25-19(31)15(23)4-2-3-9-22/h5-8,12,15-16,18,27-28H,2-4,9-11,22-23H2,1H3,(H,24,33)(H,25,31)(H,26,32)(H,29,30). The number of carboxylic acid groups (broad SMARTS) is 1. The van der Waals surface area contributed by atoms with E-state index in [1.807, 2.05) is 0 Å². The lowest BCUT2D eigenvalue weighted by Gasteiger charge is -2.25. The molecule has 0 aliphatic rings. The van der Waals surface area contributed by atoms with E-state index in [0.717, 1.165) is 0 Å². The quantitative estimate of drug-likeness (QED) is 0.141. The van der Waals surface area contributed by atoms with E-state index in [9.17, 15) is 29.4 Å². The lowest BCUT2D eigenvalue weighted by Crippen LogP contribution is -2.59. The molecular formula is C21H33N5O7. The van der Waals surface area contributed by atoms with Crippen LogP contribution in [0, 0.1) is 0 Å². The molecule has 33 heavy (non-hydrogen) atoms. The number of benzene rings is 1. The Morgan fingerprint density at radius 2 is 1.64 bits per heavy atom. The number of hydrogen-bond acceptors (Lipinski definition) is 8. The van der Waals surface area contributed by atoms with E-state index in [1.165, 1.54) is 19.1 Å². The molecule has 12 nitrogen and oxygen atoms in total. The fourth-order valence-corrected chi connectivity index (χ4v) is 2.93. The van der Waals surface area contributed by atoms with Gasteiger partial charge in [0.15, 0.2) is 0 Å². The molecule has 0 radical (unpaired) electrons. The number of aliphatic hydroxyl groups is 1. The normalized spacial score (nSPS) is 14.4. The van der Waals surface area contributed by atoms with Crippen molar-refractivity contribution in [3.8, 4) is 5.75 Å². The molecule has 0 saturated heterocycles. The third-order valence-corrected chi connectivity index (χ3v) is 4.79. The second-order valence-corrected chi connectivity index (χ2v) is 7.66. The van der Waals surface area contributed by atoms with Gasteiger partial charge in [-0.05, 0) is 44.0 Å². The fraction of sp³-hybridized carbons (Fsp3) is 0.524. The molecule has 3 amide bonds. The number of nitrogens with one attached hydrogen (secondary N) is 3. The number of carbonyl (C=O) groups excluding carboxylic acids is 3. The van der Waals surface area contributed by atoms with Crippen molar-refractivity contribution in [2.24, 2.45) is 11.5 Å². The number of carbonyl (C=O) groups is 4. The van der Waals surface area contributed by atoms with Crippen LogP contribution in [0.15, 0.2) is 24.3 Å². The molecule has 10 N–H and O–H groups in total. The molecule has 1 rings (SSSR count). The first-order chi connectivity index (χ1) is 15.5. The van der Waals surface area contributed by atoms with E-state index in [1.54, 1.807) is 12.1 Å². The summed E-state index contributed by atoms with van der Waals surface area (Å²) in [6.45, 7) is 1.03. The zero-order valence-corrected chi connectivity index (χ0v) is 18.5. The summed E-state index contributed by atoms with van der Waals surface area (Å²) in [7, 11) is 0. The van der Waals surface area contributed by atoms with Gasteiger partial charge >= 0.3 is 5.97 Å². The highest BCUT2D eigenvalue weighted by Gasteiger charge is 2.30. The van der Waals surface area contributed by atoms with Crippen LogP contribution in [-0.4, -0.2) is 76.3 Å². The SMILES string of the molecule is CC(O)C(NC(=O)C(Cc1ccc(O)cc1)NC(=O)C(N)CCCCN)C(=O)NCC(=O)O. The molecule has 0 bridgehead atoms. The predicted octanol–water partition coefficient (Wildman–Crippen LogP) is -2.06. The average molecular weight is 468 g/mol. The number of hydrogen-bond donors (Lipinski definition) is 8. The van der Waals surface area contributed by atoms with E-state index in [4.69, 9.17) is 16.6 Å². The number of aromatic hydroxyl groups is 1. The highest BCUT2D eigenvalue weighted by Crippen LogP contribution is 2.12. The van der Waals surface area contributed by atoms with Crippen molar-refractivity contribution in [1.29, 1.82) is 0 Å². The molecule has 1 aromatic carbocycles. The van der Waals surface area contributed by atoms with Crippen LogP contribution in [0.4, 0.5) is 0 Å². The average Bonchev–Trinajstić information content (AvgIpc) is 2.76. The summed E-state index contributed by atoms with van der Waals surface area (Å²) >= 11 is 0. The van der Waals surface area contributed by atoms with Gasteiger partial charge in [0.1, 0.15) is 24.4 Å². The second-order valence-electron chi connectivity index (χ2n) is 7.66. The number of phenols is 1. The van der Waals surface area contributed by atoms with Crippen molar-refractivity contribution in [3.63, 3.8) is 0 Å². The maximum Gasteiger partial charge on any atom is 0.322 e. The Labute approximate surface area is 191 Å². The number of nitrogens with two attached hydrogens (primary N) is 2. The molecule has 0 aromatic heterocycles. The molecule has 0 fully saturated rings. The molecule has 0 saturated carbocycles. The fourth-order valence-electron chi connectivity index (χ4n) is 2.93. The van der Waals surface area contributed by atoms with Crippen LogP contribution in [0.2, 0.25) is 0 Å². The Morgan fingerprint density at radius 3 is 2.18 bits per heavy atom. The Bertz CT molecular complexity index is 801. The van der Waals surface area contributed by atoms with Gasteiger partial charge in [0, 0.05) is 6.42 Å². The minimum Gasteiger partial charge on any atom is -0.508 e. The predicted molar refractivity (Wildman–Crippen MR) is 119 cm³/mol. The van der Waals surface area contributed by atoms with Crippen LogP contribution in [0.1, 0.15) is 31.7 Å². The summed E-state index contributed by atoms with van der Waals surface area (Å²) in [5.74, 6) is -3.51. The van der Waals surface area contributed by atoms with Crippen LogP contribution < -0.4 is 27.4 Å². The molecule has 184 valence electrons. The van der Waals surface area contributed by atoms with Crippen molar-refractivity contribution in [2.45, 2.75) is 56.8 Å². The lowest BCUT2D eigenvalue weighted by atomic mass is 10.0. The molecule has 12 heteroatoms. The summed E-state index contributed by atoms with van der Waals surface area (Å²) < 4.78 is 0. The first-order valence-corrected chi connectivity index (χ1v) is 10.6. The molecule has 0 heterocycles. The number of rotatable bonds is 14. The monoisotopic (exact) mass is 467 g/mol. The second kappa shape index (κ2) is 14.0. The van der Waals surface area contributed by atoms with Crippen LogP contribution in [0.25, 0.3) is 0 Å². The molecule has 4 unspecified atom stereocenters. The van der Waals surface area contributed by atoms with Crippen LogP contribution in [-0.2, 0) is 25.6 Å². The lowest BCUT2D eigenvalue weighted by molar-refractivity contribution is -0.139. The Hall–Kier alpha value is -3.22. The van der Waals surface area contributed by atoms with Gasteiger partial charge in [0.05, 0.1) is 12.1 Å². The number of phenolic OH excluding ortho intramolecular Hbond substituents is 1. The summed E-state index contributed by atoms with van der Waals surface area (Å²) in [5.41, 5.74) is 12.0. The van der Waals surface area contributed by atoms with Gasteiger partial charge < -0.3 is 42.7 Å². The van der Waals surface area contributed by atoms with E-state index in [-0.39, 0.29) is 12.2 Å². The van der Waals surface area contributed by atoms with Crippen molar-refractivity contribution >= 4 is 23.7 Å². The summed E-state index contributed by atoms with van der Waals surface area (Å²) in [6.07, 6.45) is 0.362. The molecule has 4 atom stereocenters. The maximum absolute atomic E-state index is 13.0. The van der Waals surface area contributed by atoms with Crippen molar-refractivity contribution in [2.75, 3.05) is 13.1 Å². The third-order valence-electron chi connectivity index (χ3n) is 4.79. The van der Waals surface area contributed by atoms with Crippen LogP contribution >= 0.6 is 0 Å². The van der Waals surface area contributed by atoms with Gasteiger partial charge in [-0.1, -0.05) is 18.6 Å². The zero-order chi connectivity index (χ0) is 25.0. The largest absolute Gasteiger partial charge is 0.508 e. The first kappa shape index (κ1) is 27.8. The Balaban J connectivity index is 2.98. The Kier molecular flexibility index (Phi) is 11.8. The third kappa shape index (κ3) is 10.3. The van der Waals surface area contributed by atoms with Gasteiger partial charge in [0.2, 0.25) is 17.7 Å². The topological polar surface area (TPSA) is 217 Å². The van der Waals surface area contributed by atoms with E-state index < -0.39 is 54.5 Å². The van der Waals surface area contributed by atoms with E-state index >= 15 is 0 Å². The van der Waals surface area contributed by atoms with Gasteiger partial charge in [-0.2, -0.15) is 0 Å². The van der Waals surface area contributed by atoms with Gasteiger partial charge in [0.25, 0.3) is 0 Å². The molecular weight excluding hydrogens is 434 g/mol. The maximum atomic E-state index is 13.0. The number of carboxylic acids is 1.